The van der Waals surface area contributed by atoms with Crippen molar-refractivity contribution >= 4 is 15.9 Å². The molecule has 0 atom stereocenters. The van der Waals surface area contributed by atoms with Crippen LogP contribution in [0, 0.1) is 0 Å². The predicted molar refractivity (Wildman–Crippen MR) is 59.8 cm³/mol. The summed E-state index contributed by atoms with van der Waals surface area (Å²) in [5.41, 5.74) is -0.0932. The molecule has 0 N–H and O–H groups in total. The van der Waals surface area contributed by atoms with Crippen LogP contribution >= 0.6 is 15.9 Å². The Bertz CT molecular complexity index is 360. The summed E-state index contributed by atoms with van der Waals surface area (Å²) in [6, 6.07) is 1.71. The van der Waals surface area contributed by atoms with E-state index in [4.69, 9.17) is 4.74 Å². The molecular weight excluding hydrogens is 246 g/mol. The van der Waals surface area contributed by atoms with Gasteiger partial charge in [0.25, 0.3) is 5.56 Å². The highest BCUT2D eigenvalue weighted by Gasteiger charge is 2.03. The van der Waals surface area contributed by atoms with Crippen molar-refractivity contribution in [3.8, 4) is 5.75 Å². The zero-order valence-corrected chi connectivity index (χ0v) is 10.0. The molecule has 0 spiro atoms. The van der Waals surface area contributed by atoms with E-state index >= 15 is 0 Å². The Morgan fingerprint density at radius 3 is 2.93 bits per heavy atom. The van der Waals surface area contributed by atoms with Crippen molar-refractivity contribution in [1.82, 2.24) is 4.57 Å². The van der Waals surface area contributed by atoms with Crippen LogP contribution in [0.5, 0.6) is 5.75 Å². The SMILES string of the molecule is CCCCOc1cc(Br)cn(C)c1=O. The second-order valence-electron chi connectivity index (χ2n) is 3.14. The summed E-state index contributed by atoms with van der Waals surface area (Å²) in [6.45, 7) is 2.69. The van der Waals surface area contributed by atoms with Gasteiger partial charge in [-0.05, 0) is 22.4 Å². The van der Waals surface area contributed by atoms with Crippen molar-refractivity contribution in [2.24, 2.45) is 7.05 Å². The molecule has 0 aliphatic carbocycles. The number of hydrogen-bond acceptors (Lipinski definition) is 2. The molecule has 78 valence electrons. The summed E-state index contributed by atoms with van der Waals surface area (Å²) in [4.78, 5) is 11.5. The van der Waals surface area contributed by atoms with Gasteiger partial charge in [-0.3, -0.25) is 4.79 Å². The van der Waals surface area contributed by atoms with Crippen LogP contribution in [0.4, 0.5) is 0 Å². The number of aromatic nitrogens is 1. The highest BCUT2D eigenvalue weighted by Crippen LogP contribution is 2.13. The van der Waals surface area contributed by atoms with E-state index in [1.54, 1.807) is 19.3 Å². The molecule has 3 nitrogen and oxygen atoms in total. The lowest BCUT2D eigenvalue weighted by molar-refractivity contribution is 0.303. The molecular formula is C10H14BrNO2. The molecule has 0 aliphatic heterocycles. The fourth-order valence-electron chi connectivity index (χ4n) is 1.07. The van der Waals surface area contributed by atoms with Gasteiger partial charge < -0.3 is 9.30 Å². The van der Waals surface area contributed by atoms with Gasteiger partial charge in [-0.1, -0.05) is 13.3 Å². The number of hydrogen-bond donors (Lipinski definition) is 0. The first-order valence-corrected chi connectivity index (χ1v) is 5.43. The van der Waals surface area contributed by atoms with Gasteiger partial charge in [-0.2, -0.15) is 0 Å². The maximum atomic E-state index is 11.5. The molecule has 0 saturated heterocycles. The number of unbranched alkanes of at least 4 members (excludes halogenated alkanes) is 1. The Morgan fingerprint density at radius 1 is 1.57 bits per heavy atom. The lowest BCUT2D eigenvalue weighted by Gasteiger charge is -2.06. The third-order valence-electron chi connectivity index (χ3n) is 1.87. The molecule has 0 bridgehead atoms. The summed E-state index contributed by atoms with van der Waals surface area (Å²) in [5.74, 6) is 0.412. The van der Waals surface area contributed by atoms with Gasteiger partial charge in [0.05, 0.1) is 6.61 Å². The summed E-state index contributed by atoms with van der Waals surface area (Å²) in [7, 11) is 1.71. The Kier molecular flexibility index (Phi) is 4.20. The number of nitrogens with zero attached hydrogens (tertiary/aromatic N) is 1. The second-order valence-corrected chi connectivity index (χ2v) is 4.06. The fraction of sp³-hybridized carbons (Fsp3) is 0.500. The van der Waals surface area contributed by atoms with Crippen molar-refractivity contribution < 1.29 is 4.74 Å². The van der Waals surface area contributed by atoms with E-state index < -0.39 is 0 Å². The molecule has 0 fully saturated rings. The van der Waals surface area contributed by atoms with E-state index in [-0.39, 0.29) is 5.56 Å². The predicted octanol–water partition coefficient (Wildman–Crippen LogP) is 2.33. The molecule has 0 unspecified atom stereocenters. The molecule has 0 aromatic carbocycles. The number of rotatable bonds is 4. The molecule has 1 aromatic heterocycles. The van der Waals surface area contributed by atoms with Gasteiger partial charge in [-0.15, -0.1) is 0 Å². The Balaban J connectivity index is 2.81. The highest BCUT2D eigenvalue weighted by atomic mass is 79.9. The van der Waals surface area contributed by atoms with Gasteiger partial charge in [0.1, 0.15) is 0 Å². The van der Waals surface area contributed by atoms with Crippen molar-refractivity contribution in [2.45, 2.75) is 19.8 Å². The van der Waals surface area contributed by atoms with Crippen molar-refractivity contribution in [3.63, 3.8) is 0 Å². The van der Waals surface area contributed by atoms with Crippen LogP contribution in [-0.2, 0) is 7.05 Å². The Hall–Kier alpha value is -0.770. The molecule has 1 aromatic rings. The molecule has 14 heavy (non-hydrogen) atoms. The van der Waals surface area contributed by atoms with Crippen molar-refractivity contribution in [3.05, 3.63) is 27.1 Å². The van der Waals surface area contributed by atoms with E-state index in [1.807, 2.05) is 0 Å². The second kappa shape index (κ2) is 5.20. The topological polar surface area (TPSA) is 31.2 Å². The summed E-state index contributed by atoms with van der Waals surface area (Å²) >= 11 is 3.32. The van der Waals surface area contributed by atoms with Crippen molar-refractivity contribution in [1.29, 1.82) is 0 Å². The average Bonchev–Trinajstić information content (AvgIpc) is 2.13. The van der Waals surface area contributed by atoms with E-state index in [2.05, 4.69) is 22.9 Å². The van der Waals surface area contributed by atoms with Crippen molar-refractivity contribution in [2.75, 3.05) is 6.61 Å². The number of halogens is 1. The maximum Gasteiger partial charge on any atom is 0.292 e. The molecule has 4 heteroatoms. The first-order valence-electron chi connectivity index (χ1n) is 4.64. The zero-order chi connectivity index (χ0) is 10.6. The minimum Gasteiger partial charge on any atom is -0.488 e. The summed E-state index contributed by atoms with van der Waals surface area (Å²) in [5, 5.41) is 0. The fourth-order valence-corrected chi connectivity index (χ4v) is 1.59. The third-order valence-corrected chi connectivity index (χ3v) is 2.31. The maximum absolute atomic E-state index is 11.5. The summed E-state index contributed by atoms with van der Waals surface area (Å²) < 4.78 is 7.73. The van der Waals surface area contributed by atoms with Crippen LogP contribution in [0.15, 0.2) is 21.5 Å². The molecule has 0 aliphatic rings. The Labute approximate surface area is 91.8 Å². The van der Waals surface area contributed by atoms with Gasteiger partial charge >= 0.3 is 0 Å². The number of aryl methyl sites for hydroxylation is 1. The van der Waals surface area contributed by atoms with E-state index in [0.29, 0.717) is 12.4 Å². The quantitative estimate of drug-likeness (QED) is 0.778. The number of ether oxygens (including phenoxy) is 1. The largest absolute Gasteiger partial charge is 0.488 e. The standard InChI is InChI=1S/C10H14BrNO2/c1-3-4-5-14-9-6-8(11)7-12(2)10(9)13/h6-7H,3-5H2,1-2H3. The van der Waals surface area contributed by atoms with Gasteiger partial charge in [0.15, 0.2) is 5.75 Å². The average molecular weight is 260 g/mol. The Morgan fingerprint density at radius 2 is 2.29 bits per heavy atom. The lowest BCUT2D eigenvalue weighted by Crippen LogP contribution is -2.18. The number of pyridine rings is 1. The zero-order valence-electron chi connectivity index (χ0n) is 8.42. The van der Waals surface area contributed by atoms with Crippen LogP contribution in [0.1, 0.15) is 19.8 Å². The normalized spacial score (nSPS) is 10.2. The third kappa shape index (κ3) is 2.87. The molecule has 1 rings (SSSR count). The molecule has 1 heterocycles. The highest BCUT2D eigenvalue weighted by molar-refractivity contribution is 9.10. The smallest absolute Gasteiger partial charge is 0.292 e. The van der Waals surface area contributed by atoms with Crippen LogP contribution in [-0.4, -0.2) is 11.2 Å². The van der Waals surface area contributed by atoms with E-state index in [1.165, 1.54) is 4.57 Å². The summed E-state index contributed by atoms with van der Waals surface area (Å²) in [6.07, 6.45) is 3.75. The van der Waals surface area contributed by atoms with Crippen LogP contribution in [0.25, 0.3) is 0 Å². The van der Waals surface area contributed by atoms with Crippen LogP contribution in [0.2, 0.25) is 0 Å². The minimum atomic E-state index is -0.0932. The van der Waals surface area contributed by atoms with Gasteiger partial charge in [0, 0.05) is 23.8 Å². The van der Waals surface area contributed by atoms with Crippen LogP contribution < -0.4 is 10.3 Å². The van der Waals surface area contributed by atoms with Gasteiger partial charge in [0.2, 0.25) is 0 Å². The first kappa shape index (κ1) is 11.3. The van der Waals surface area contributed by atoms with E-state index in [9.17, 15) is 4.79 Å². The lowest BCUT2D eigenvalue weighted by atomic mass is 10.3. The monoisotopic (exact) mass is 259 g/mol. The van der Waals surface area contributed by atoms with Crippen LogP contribution in [0.3, 0.4) is 0 Å². The first-order chi connectivity index (χ1) is 6.65. The molecule has 0 radical (unpaired) electrons. The molecule has 0 saturated carbocycles. The van der Waals surface area contributed by atoms with E-state index in [0.717, 1.165) is 17.3 Å². The molecule has 0 amide bonds. The van der Waals surface area contributed by atoms with Gasteiger partial charge in [-0.25, -0.2) is 0 Å². The minimum absolute atomic E-state index is 0.0932.